The van der Waals surface area contributed by atoms with Crippen LogP contribution in [0.3, 0.4) is 0 Å². The molecular weight excluding hydrogens is 210 g/mol. The number of hydrogen-bond donors (Lipinski definition) is 1. The largest absolute Gasteiger partial charge is 0.312 e. The van der Waals surface area contributed by atoms with E-state index in [1.54, 1.807) is 0 Å². The van der Waals surface area contributed by atoms with Crippen LogP contribution < -0.4 is 5.32 Å². The van der Waals surface area contributed by atoms with Gasteiger partial charge in [0, 0.05) is 38.3 Å². The normalized spacial score (nSPS) is 25.4. The van der Waals surface area contributed by atoms with E-state index in [1.807, 2.05) is 0 Å². The molecule has 0 saturated carbocycles. The van der Waals surface area contributed by atoms with Gasteiger partial charge < -0.3 is 10.2 Å². The minimum absolute atomic E-state index is 0.644. The minimum Gasteiger partial charge on any atom is -0.312 e. The number of likely N-dealkylation sites (N-methyl/N-ethyl adjacent to an activating group) is 1. The maximum atomic E-state index is 3.69. The summed E-state index contributed by atoms with van der Waals surface area (Å²) in [5.41, 5.74) is 0. The van der Waals surface area contributed by atoms with Crippen LogP contribution in [0.25, 0.3) is 0 Å². The highest BCUT2D eigenvalue weighted by Crippen LogP contribution is 2.10. The zero-order valence-electron chi connectivity index (χ0n) is 12.4. The van der Waals surface area contributed by atoms with Crippen LogP contribution in [0.2, 0.25) is 0 Å². The van der Waals surface area contributed by atoms with E-state index in [1.165, 1.54) is 32.6 Å². The third-order valence-corrected chi connectivity index (χ3v) is 3.96. The lowest BCUT2D eigenvalue weighted by atomic mass is 10.0. The number of nitrogens with zero attached hydrogens (tertiary/aromatic N) is 2. The predicted molar refractivity (Wildman–Crippen MR) is 75.5 cm³/mol. The molecule has 1 heterocycles. The summed E-state index contributed by atoms with van der Waals surface area (Å²) in [6.45, 7) is 15.2. The third kappa shape index (κ3) is 4.94. The van der Waals surface area contributed by atoms with Crippen molar-refractivity contribution in [3.05, 3.63) is 0 Å². The van der Waals surface area contributed by atoms with E-state index in [9.17, 15) is 0 Å². The van der Waals surface area contributed by atoms with Gasteiger partial charge in [0.15, 0.2) is 0 Å². The molecule has 1 N–H and O–H groups in total. The Balaban J connectivity index is 2.39. The molecular formula is C14H31N3. The van der Waals surface area contributed by atoms with Crippen molar-refractivity contribution >= 4 is 0 Å². The van der Waals surface area contributed by atoms with Gasteiger partial charge in [0.2, 0.25) is 0 Å². The van der Waals surface area contributed by atoms with E-state index in [-0.39, 0.29) is 0 Å². The van der Waals surface area contributed by atoms with Gasteiger partial charge in [-0.1, -0.05) is 20.8 Å². The van der Waals surface area contributed by atoms with Crippen LogP contribution in [-0.4, -0.2) is 61.7 Å². The number of rotatable bonds is 6. The van der Waals surface area contributed by atoms with Crippen LogP contribution in [0.1, 0.15) is 34.1 Å². The van der Waals surface area contributed by atoms with Crippen molar-refractivity contribution < 1.29 is 0 Å². The molecule has 1 fully saturated rings. The van der Waals surface area contributed by atoms with Crippen LogP contribution in [0.15, 0.2) is 0 Å². The summed E-state index contributed by atoms with van der Waals surface area (Å²) in [7, 11) is 2.23. The first-order valence-electron chi connectivity index (χ1n) is 7.20. The fourth-order valence-electron chi connectivity index (χ4n) is 2.41. The number of hydrogen-bond acceptors (Lipinski definition) is 3. The Kier molecular flexibility index (Phi) is 6.45. The molecule has 0 aromatic rings. The summed E-state index contributed by atoms with van der Waals surface area (Å²) >= 11 is 0. The first-order valence-corrected chi connectivity index (χ1v) is 7.20. The molecule has 2 unspecified atom stereocenters. The Hall–Kier alpha value is -0.120. The molecule has 1 rings (SSSR count). The summed E-state index contributed by atoms with van der Waals surface area (Å²) < 4.78 is 0. The molecule has 1 saturated heterocycles. The van der Waals surface area contributed by atoms with Gasteiger partial charge in [-0.3, -0.25) is 4.90 Å². The highest BCUT2D eigenvalue weighted by molar-refractivity contribution is 4.81. The molecule has 0 aromatic heterocycles. The lowest BCUT2D eigenvalue weighted by Gasteiger charge is -2.40. The van der Waals surface area contributed by atoms with Gasteiger partial charge in [-0.05, 0) is 32.9 Å². The van der Waals surface area contributed by atoms with E-state index in [0.29, 0.717) is 12.1 Å². The summed E-state index contributed by atoms with van der Waals surface area (Å²) in [4.78, 5) is 5.08. The van der Waals surface area contributed by atoms with Crippen LogP contribution in [0.5, 0.6) is 0 Å². The van der Waals surface area contributed by atoms with Gasteiger partial charge in [-0.2, -0.15) is 0 Å². The Labute approximate surface area is 108 Å². The highest BCUT2D eigenvalue weighted by atomic mass is 15.3. The molecule has 3 nitrogen and oxygen atoms in total. The van der Waals surface area contributed by atoms with Gasteiger partial charge in [-0.25, -0.2) is 0 Å². The quantitative estimate of drug-likeness (QED) is 0.763. The topological polar surface area (TPSA) is 18.5 Å². The summed E-state index contributed by atoms with van der Waals surface area (Å²) in [5, 5.41) is 3.69. The molecule has 0 aliphatic carbocycles. The molecule has 3 heteroatoms. The summed E-state index contributed by atoms with van der Waals surface area (Å²) in [6.07, 6.45) is 1.22. The highest BCUT2D eigenvalue weighted by Gasteiger charge is 2.23. The van der Waals surface area contributed by atoms with Gasteiger partial charge >= 0.3 is 0 Å². The lowest BCUT2D eigenvalue weighted by Crippen LogP contribution is -2.54. The van der Waals surface area contributed by atoms with E-state index < -0.39 is 0 Å². The molecule has 0 bridgehead atoms. The molecule has 0 amide bonds. The summed E-state index contributed by atoms with van der Waals surface area (Å²) in [5.74, 6) is 0.719. The Morgan fingerprint density at radius 1 is 1.29 bits per heavy atom. The van der Waals surface area contributed by atoms with Crippen LogP contribution in [-0.2, 0) is 0 Å². The molecule has 0 aromatic carbocycles. The first kappa shape index (κ1) is 14.9. The van der Waals surface area contributed by atoms with Crippen molar-refractivity contribution in [2.24, 2.45) is 5.92 Å². The second-order valence-electron chi connectivity index (χ2n) is 5.89. The molecule has 0 radical (unpaired) electrons. The zero-order valence-corrected chi connectivity index (χ0v) is 12.4. The van der Waals surface area contributed by atoms with Crippen LogP contribution in [0.4, 0.5) is 0 Å². The predicted octanol–water partition coefficient (Wildman–Crippen LogP) is 1.65. The average molecular weight is 241 g/mol. The van der Waals surface area contributed by atoms with Gasteiger partial charge in [0.05, 0.1) is 0 Å². The number of piperazine rings is 1. The van der Waals surface area contributed by atoms with Crippen molar-refractivity contribution in [1.29, 1.82) is 0 Å². The molecule has 0 spiro atoms. The van der Waals surface area contributed by atoms with Gasteiger partial charge in [0.25, 0.3) is 0 Å². The van der Waals surface area contributed by atoms with Gasteiger partial charge in [-0.15, -0.1) is 0 Å². The second-order valence-corrected chi connectivity index (χ2v) is 5.89. The number of nitrogens with one attached hydrogen (secondary N) is 1. The van der Waals surface area contributed by atoms with Crippen molar-refractivity contribution in [3.8, 4) is 0 Å². The zero-order chi connectivity index (χ0) is 12.8. The minimum atomic E-state index is 0.644. The SMILES string of the molecule is CCCNC(CN1CCN(C)C(C)C1)C(C)C. The molecule has 102 valence electrons. The molecule has 1 aliphatic heterocycles. The Morgan fingerprint density at radius 2 is 2.00 bits per heavy atom. The van der Waals surface area contributed by atoms with Crippen molar-refractivity contribution in [3.63, 3.8) is 0 Å². The van der Waals surface area contributed by atoms with Crippen LogP contribution in [0, 0.1) is 5.92 Å². The lowest BCUT2D eigenvalue weighted by molar-refractivity contribution is 0.0917. The second kappa shape index (κ2) is 7.34. The van der Waals surface area contributed by atoms with Crippen molar-refractivity contribution in [1.82, 2.24) is 15.1 Å². The van der Waals surface area contributed by atoms with E-state index in [4.69, 9.17) is 0 Å². The van der Waals surface area contributed by atoms with E-state index in [2.05, 4.69) is 49.9 Å². The maximum Gasteiger partial charge on any atom is 0.0217 e. The standard InChI is InChI=1S/C14H31N3/c1-6-7-15-14(12(2)3)11-17-9-8-16(5)13(4)10-17/h12-15H,6-11H2,1-5H3. The van der Waals surface area contributed by atoms with Crippen molar-refractivity contribution in [2.45, 2.75) is 46.2 Å². The van der Waals surface area contributed by atoms with Gasteiger partial charge in [0.1, 0.15) is 0 Å². The summed E-state index contributed by atoms with van der Waals surface area (Å²) in [6, 6.07) is 1.34. The first-order chi connectivity index (χ1) is 8.04. The molecule has 17 heavy (non-hydrogen) atoms. The average Bonchev–Trinajstić information content (AvgIpc) is 2.28. The molecule has 2 atom stereocenters. The van der Waals surface area contributed by atoms with Crippen molar-refractivity contribution in [2.75, 3.05) is 39.8 Å². The Morgan fingerprint density at radius 3 is 2.53 bits per heavy atom. The smallest absolute Gasteiger partial charge is 0.0217 e. The molecule has 1 aliphatic rings. The third-order valence-electron chi connectivity index (χ3n) is 3.96. The maximum absolute atomic E-state index is 3.69. The monoisotopic (exact) mass is 241 g/mol. The fourth-order valence-corrected chi connectivity index (χ4v) is 2.41. The van der Waals surface area contributed by atoms with Crippen LogP contribution >= 0.6 is 0 Å². The van der Waals surface area contributed by atoms with E-state index >= 15 is 0 Å². The fraction of sp³-hybridized carbons (Fsp3) is 1.00. The Bertz CT molecular complexity index is 206. The van der Waals surface area contributed by atoms with E-state index in [0.717, 1.165) is 12.5 Å².